The first kappa shape index (κ1) is 20.2. The summed E-state index contributed by atoms with van der Waals surface area (Å²) >= 11 is 0. The van der Waals surface area contributed by atoms with Gasteiger partial charge in [-0.15, -0.1) is 0 Å². The first-order valence-electron chi connectivity index (χ1n) is 9.71. The van der Waals surface area contributed by atoms with Crippen LogP contribution in [0.2, 0.25) is 0 Å². The van der Waals surface area contributed by atoms with E-state index in [0.717, 1.165) is 32.2 Å². The number of carbonyl (C=O) groups excluding carboxylic acids is 1. The summed E-state index contributed by atoms with van der Waals surface area (Å²) in [5, 5.41) is 11.0. The number of hydrogen-bond acceptors (Lipinski definition) is 4. The van der Waals surface area contributed by atoms with Gasteiger partial charge in [-0.1, -0.05) is 12.1 Å². The standard InChI is InChI=1S/C20H29F2N3O2/c1-15(2)24-11-9-23(10-12-24)14-20(27)7-4-8-25(19(20)26)13-16-5-3-6-17(21)18(16)22/h3,5-6,15,27H,4,7-14H2,1-2H3. The van der Waals surface area contributed by atoms with Gasteiger partial charge in [-0.2, -0.15) is 0 Å². The number of aliphatic hydroxyl groups is 1. The number of β-amino-alcohol motifs (C(OH)–C–C–N with tert-alkyl or cyclic N) is 1. The Bertz CT molecular complexity index is 677. The van der Waals surface area contributed by atoms with Gasteiger partial charge in [-0.25, -0.2) is 8.78 Å². The predicted molar refractivity (Wildman–Crippen MR) is 99.1 cm³/mol. The van der Waals surface area contributed by atoms with Crippen LogP contribution in [0.4, 0.5) is 8.78 Å². The van der Waals surface area contributed by atoms with Crippen molar-refractivity contribution in [3.05, 3.63) is 35.4 Å². The lowest BCUT2D eigenvalue weighted by Crippen LogP contribution is -2.60. The number of piperazine rings is 1. The van der Waals surface area contributed by atoms with Crippen molar-refractivity contribution < 1.29 is 18.7 Å². The van der Waals surface area contributed by atoms with Crippen LogP contribution in [0.15, 0.2) is 18.2 Å². The summed E-state index contributed by atoms with van der Waals surface area (Å²) in [7, 11) is 0. The van der Waals surface area contributed by atoms with Crippen LogP contribution >= 0.6 is 0 Å². The Morgan fingerprint density at radius 1 is 1.15 bits per heavy atom. The second-order valence-corrected chi connectivity index (χ2v) is 7.98. The molecule has 0 bridgehead atoms. The van der Waals surface area contributed by atoms with Crippen LogP contribution in [0.3, 0.4) is 0 Å². The first-order valence-corrected chi connectivity index (χ1v) is 9.71. The lowest BCUT2D eigenvalue weighted by atomic mass is 9.90. The van der Waals surface area contributed by atoms with Crippen molar-refractivity contribution in [1.82, 2.24) is 14.7 Å². The molecule has 2 aliphatic rings. The lowest BCUT2D eigenvalue weighted by molar-refractivity contribution is -0.160. The van der Waals surface area contributed by atoms with Crippen molar-refractivity contribution in [1.29, 1.82) is 0 Å². The molecule has 27 heavy (non-hydrogen) atoms. The predicted octanol–water partition coefficient (Wildman–Crippen LogP) is 1.84. The van der Waals surface area contributed by atoms with Crippen molar-refractivity contribution in [3.8, 4) is 0 Å². The highest BCUT2D eigenvalue weighted by atomic mass is 19.2. The Morgan fingerprint density at radius 3 is 2.52 bits per heavy atom. The van der Waals surface area contributed by atoms with E-state index in [2.05, 4.69) is 23.6 Å². The van der Waals surface area contributed by atoms with Crippen molar-refractivity contribution >= 4 is 5.91 Å². The molecule has 2 fully saturated rings. The van der Waals surface area contributed by atoms with E-state index in [0.29, 0.717) is 32.0 Å². The van der Waals surface area contributed by atoms with Crippen LogP contribution in [0.5, 0.6) is 0 Å². The number of halogens is 2. The van der Waals surface area contributed by atoms with Gasteiger partial charge in [0, 0.05) is 57.4 Å². The number of carbonyl (C=O) groups is 1. The molecule has 1 amide bonds. The van der Waals surface area contributed by atoms with Gasteiger partial charge in [0.25, 0.3) is 5.91 Å². The molecule has 1 aromatic rings. The summed E-state index contributed by atoms with van der Waals surface area (Å²) in [6.07, 6.45) is 1.05. The van der Waals surface area contributed by atoms with E-state index in [1.165, 1.54) is 17.0 Å². The number of nitrogens with zero attached hydrogens (tertiary/aromatic N) is 3. The van der Waals surface area contributed by atoms with Crippen LogP contribution in [0.25, 0.3) is 0 Å². The molecule has 150 valence electrons. The third-order valence-electron chi connectivity index (χ3n) is 5.72. The molecule has 0 aliphatic carbocycles. The molecular weight excluding hydrogens is 352 g/mol. The average Bonchev–Trinajstić information content (AvgIpc) is 2.63. The molecular formula is C20H29F2N3O2. The zero-order valence-corrected chi connectivity index (χ0v) is 16.1. The minimum atomic E-state index is -1.46. The maximum atomic E-state index is 14.0. The fraction of sp³-hybridized carbons (Fsp3) is 0.650. The molecule has 1 aromatic carbocycles. The SMILES string of the molecule is CC(C)N1CCN(CC2(O)CCCN(Cc3cccc(F)c3F)C2=O)CC1. The normalized spacial score (nSPS) is 25.4. The second-order valence-electron chi connectivity index (χ2n) is 7.98. The van der Waals surface area contributed by atoms with Gasteiger partial charge in [0.1, 0.15) is 0 Å². The highest BCUT2D eigenvalue weighted by Crippen LogP contribution is 2.26. The highest BCUT2D eigenvalue weighted by Gasteiger charge is 2.43. The van der Waals surface area contributed by atoms with Gasteiger partial charge in [-0.3, -0.25) is 14.6 Å². The van der Waals surface area contributed by atoms with Crippen molar-refractivity contribution in [2.75, 3.05) is 39.3 Å². The lowest BCUT2D eigenvalue weighted by Gasteiger charge is -2.43. The monoisotopic (exact) mass is 381 g/mol. The Kier molecular flexibility index (Phi) is 6.13. The maximum Gasteiger partial charge on any atom is 0.256 e. The zero-order chi connectivity index (χ0) is 19.6. The van der Waals surface area contributed by atoms with E-state index >= 15 is 0 Å². The summed E-state index contributed by atoms with van der Waals surface area (Å²) in [6, 6.07) is 4.46. The fourth-order valence-corrected chi connectivity index (χ4v) is 4.05. The Hall–Kier alpha value is -1.57. The van der Waals surface area contributed by atoms with Crippen LogP contribution in [0.1, 0.15) is 32.3 Å². The smallest absolute Gasteiger partial charge is 0.256 e. The summed E-state index contributed by atoms with van der Waals surface area (Å²) in [5.74, 6) is -2.23. The molecule has 2 heterocycles. The van der Waals surface area contributed by atoms with Gasteiger partial charge in [0.2, 0.25) is 0 Å². The quantitative estimate of drug-likeness (QED) is 0.846. The van der Waals surface area contributed by atoms with Crippen molar-refractivity contribution in [2.45, 2.75) is 44.9 Å². The van der Waals surface area contributed by atoms with E-state index in [4.69, 9.17) is 0 Å². The molecule has 3 rings (SSSR count). The van der Waals surface area contributed by atoms with Crippen LogP contribution in [0, 0.1) is 11.6 Å². The van der Waals surface area contributed by atoms with Crippen molar-refractivity contribution in [3.63, 3.8) is 0 Å². The van der Waals surface area contributed by atoms with Gasteiger partial charge in [-0.05, 0) is 32.8 Å². The number of amides is 1. The summed E-state index contributed by atoms with van der Waals surface area (Å²) in [6.45, 7) is 8.50. The molecule has 5 nitrogen and oxygen atoms in total. The van der Waals surface area contributed by atoms with Gasteiger partial charge < -0.3 is 10.0 Å². The van der Waals surface area contributed by atoms with E-state index in [-0.39, 0.29) is 18.0 Å². The molecule has 0 radical (unpaired) electrons. The highest BCUT2D eigenvalue weighted by molar-refractivity contribution is 5.86. The number of likely N-dealkylation sites (tertiary alicyclic amines) is 1. The van der Waals surface area contributed by atoms with Gasteiger partial charge >= 0.3 is 0 Å². The topological polar surface area (TPSA) is 47.0 Å². The van der Waals surface area contributed by atoms with Gasteiger partial charge in [0.15, 0.2) is 17.2 Å². The summed E-state index contributed by atoms with van der Waals surface area (Å²) in [5.41, 5.74) is -1.32. The summed E-state index contributed by atoms with van der Waals surface area (Å²) in [4.78, 5) is 18.9. The van der Waals surface area contributed by atoms with E-state index in [9.17, 15) is 18.7 Å². The number of rotatable bonds is 5. The molecule has 2 saturated heterocycles. The maximum absolute atomic E-state index is 14.0. The minimum Gasteiger partial charge on any atom is -0.379 e. The third-order valence-corrected chi connectivity index (χ3v) is 5.72. The molecule has 1 N–H and O–H groups in total. The van der Waals surface area contributed by atoms with Crippen LogP contribution < -0.4 is 0 Å². The summed E-state index contributed by atoms with van der Waals surface area (Å²) < 4.78 is 27.4. The van der Waals surface area contributed by atoms with E-state index in [1.54, 1.807) is 0 Å². The fourth-order valence-electron chi connectivity index (χ4n) is 4.05. The zero-order valence-electron chi connectivity index (χ0n) is 16.1. The van der Waals surface area contributed by atoms with Crippen LogP contribution in [-0.4, -0.2) is 76.6 Å². The van der Waals surface area contributed by atoms with Gasteiger partial charge in [0.05, 0.1) is 0 Å². The third kappa shape index (κ3) is 4.47. The first-order chi connectivity index (χ1) is 12.8. The number of hydrogen-bond donors (Lipinski definition) is 1. The Morgan fingerprint density at radius 2 is 1.85 bits per heavy atom. The molecule has 1 atom stereocenters. The molecule has 7 heteroatoms. The Labute approximate surface area is 159 Å². The second kappa shape index (κ2) is 8.20. The number of piperidine rings is 1. The molecule has 1 unspecified atom stereocenters. The molecule has 0 saturated carbocycles. The average molecular weight is 381 g/mol. The molecule has 2 aliphatic heterocycles. The minimum absolute atomic E-state index is 0.0220. The van der Waals surface area contributed by atoms with E-state index in [1.807, 2.05) is 0 Å². The Balaban J connectivity index is 1.64. The molecule has 0 spiro atoms. The largest absolute Gasteiger partial charge is 0.379 e. The van der Waals surface area contributed by atoms with Crippen LogP contribution in [-0.2, 0) is 11.3 Å². The number of benzene rings is 1. The molecule has 0 aromatic heterocycles. The van der Waals surface area contributed by atoms with E-state index < -0.39 is 17.2 Å². The van der Waals surface area contributed by atoms with Crippen molar-refractivity contribution in [2.24, 2.45) is 0 Å².